The van der Waals surface area contributed by atoms with Crippen molar-refractivity contribution in [2.45, 2.75) is 64.9 Å². The molecule has 0 unspecified atom stereocenters. The van der Waals surface area contributed by atoms with Crippen LogP contribution in [0.5, 0.6) is 5.75 Å². The maximum atomic E-state index is 12.4. The Labute approximate surface area is 192 Å². The van der Waals surface area contributed by atoms with Gasteiger partial charge in [-0.05, 0) is 86.1 Å². The van der Waals surface area contributed by atoms with Gasteiger partial charge in [0, 0.05) is 10.2 Å². The smallest absolute Gasteiger partial charge is 0.338 e. The molecule has 0 spiro atoms. The Morgan fingerprint density at radius 3 is 2.42 bits per heavy atom. The summed E-state index contributed by atoms with van der Waals surface area (Å²) in [5.74, 6) is 0.426. The van der Waals surface area contributed by atoms with Crippen molar-refractivity contribution in [3.05, 3.63) is 57.6 Å². The molecule has 1 aliphatic rings. The molecular weight excluding hydrogens is 458 g/mol. The fourth-order valence-electron chi connectivity index (χ4n) is 3.68. The van der Waals surface area contributed by atoms with E-state index in [9.17, 15) is 9.59 Å². The van der Waals surface area contributed by atoms with E-state index >= 15 is 0 Å². The van der Waals surface area contributed by atoms with Crippen molar-refractivity contribution in [2.75, 3.05) is 11.9 Å². The van der Waals surface area contributed by atoms with Gasteiger partial charge in [-0.2, -0.15) is 0 Å². The molecule has 31 heavy (non-hydrogen) atoms. The molecule has 1 N–H and O–H groups in total. The molecule has 0 aromatic heterocycles. The summed E-state index contributed by atoms with van der Waals surface area (Å²) in [6.07, 6.45) is 5.35. The van der Waals surface area contributed by atoms with Gasteiger partial charge in [-0.25, -0.2) is 4.79 Å². The normalized spacial score (nSPS) is 14.4. The van der Waals surface area contributed by atoms with E-state index in [1.165, 1.54) is 6.42 Å². The zero-order valence-corrected chi connectivity index (χ0v) is 20.0. The number of ether oxygens (including phenoxy) is 2. The fourth-order valence-corrected chi connectivity index (χ4v) is 4.04. The minimum absolute atomic E-state index is 0.0238. The number of nitrogens with one attached hydrogen (secondary N) is 1. The van der Waals surface area contributed by atoms with Crippen LogP contribution in [-0.4, -0.2) is 24.6 Å². The lowest BCUT2D eigenvalue weighted by Crippen LogP contribution is -2.21. The topological polar surface area (TPSA) is 64.6 Å². The lowest BCUT2D eigenvalue weighted by molar-refractivity contribution is -0.118. The third kappa shape index (κ3) is 6.57. The summed E-state index contributed by atoms with van der Waals surface area (Å²) in [7, 11) is 0. The molecule has 0 saturated heterocycles. The number of esters is 1. The monoisotopic (exact) mass is 487 g/mol. The number of amides is 1. The predicted molar refractivity (Wildman–Crippen MR) is 126 cm³/mol. The molecule has 1 aliphatic carbocycles. The number of anilines is 1. The second kappa shape index (κ2) is 10.8. The minimum atomic E-state index is -0.306. The van der Waals surface area contributed by atoms with Crippen molar-refractivity contribution in [1.29, 1.82) is 0 Å². The lowest BCUT2D eigenvalue weighted by atomic mass is 9.98. The minimum Gasteiger partial charge on any atom is -0.483 e. The Hall–Kier alpha value is -2.34. The van der Waals surface area contributed by atoms with Crippen molar-refractivity contribution in [1.82, 2.24) is 0 Å². The number of hydrogen-bond acceptors (Lipinski definition) is 4. The van der Waals surface area contributed by atoms with Crippen LogP contribution in [0.3, 0.4) is 0 Å². The Morgan fingerprint density at radius 2 is 1.77 bits per heavy atom. The van der Waals surface area contributed by atoms with Crippen LogP contribution in [0.4, 0.5) is 5.69 Å². The quantitative estimate of drug-likeness (QED) is 0.459. The number of halogens is 1. The van der Waals surface area contributed by atoms with Gasteiger partial charge in [0.1, 0.15) is 11.9 Å². The summed E-state index contributed by atoms with van der Waals surface area (Å²) in [5.41, 5.74) is 3.20. The van der Waals surface area contributed by atoms with Gasteiger partial charge in [-0.3, -0.25) is 4.79 Å². The number of hydrogen-bond donors (Lipinski definition) is 1. The molecule has 0 heterocycles. The second-order valence-corrected chi connectivity index (χ2v) is 9.23. The molecule has 0 radical (unpaired) electrons. The van der Waals surface area contributed by atoms with Crippen LogP contribution < -0.4 is 10.1 Å². The number of rotatable bonds is 7. The molecule has 1 saturated carbocycles. The highest BCUT2D eigenvalue weighted by atomic mass is 79.9. The van der Waals surface area contributed by atoms with Gasteiger partial charge in [-0.15, -0.1) is 0 Å². The van der Waals surface area contributed by atoms with Crippen molar-refractivity contribution in [3.63, 3.8) is 0 Å². The fraction of sp³-hybridized carbons (Fsp3) is 0.440. The van der Waals surface area contributed by atoms with E-state index in [2.05, 4.69) is 35.1 Å². The van der Waals surface area contributed by atoms with Gasteiger partial charge in [-0.1, -0.05) is 36.2 Å². The second-order valence-electron chi connectivity index (χ2n) is 8.37. The number of aryl methyl sites for hydroxylation is 1. The molecule has 2 aromatic carbocycles. The van der Waals surface area contributed by atoms with Crippen LogP contribution in [-0.2, 0) is 9.53 Å². The van der Waals surface area contributed by atoms with Crippen molar-refractivity contribution in [2.24, 2.45) is 0 Å². The van der Waals surface area contributed by atoms with E-state index in [4.69, 9.17) is 9.47 Å². The summed E-state index contributed by atoms with van der Waals surface area (Å²) in [6.45, 7) is 6.07. The summed E-state index contributed by atoms with van der Waals surface area (Å²) < 4.78 is 12.4. The van der Waals surface area contributed by atoms with Gasteiger partial charge in [0.2, 0.25) is 0 Å². The molecule has 166 valence electrons. The van der Waals surface area contributed by atoms with Gasteiger partial charge in [0.05, 0.1) is 5.56 Å². The summed E-state index contributed by atoms with van der Waals surface area (Å²) >= 11 is 3.55. The van der Waals surface area contributed by atoms with Crippen LogP contribution in [0.15, 0.2) is 40.9 Å². The van der Waals surface area contributed by atoms with Crippen molar-refractivity contribution in [3.8, 4) is 5.75 Å². The first-order valence-corrected chi connectivity index (χ1v) is 11.7. The van der Waals surface area contributed by atoms with Crippen molar-refractivity contribution >= 4 is 33.5 Å². The van der Waals surface area contributed by atoms with Crippen LogP contribution >= 0.6 is 15.9 Å². The average molecular weight is 488 g/mol. The first-order valence-electron chi connectivity index (χ1n) is 10.9. The maximum Gasteiger partial charge on any atom is 0.338 e. The molecule has 1 fully saturated rings. The van der Waals surface area contributed by atoms with E-state index in [-0.39, 0.29) is 30.5 Å². The molecule has 5 nitrogen and oxygen atoms in total. The standard InChI is InChI=1S/C25H30BrNO4/c1-16(2)21-14-22(26)17(3)13-23(21)30-15-24(28)27-19-11-9-18(10-12-19)25(29)31-20-7-5-4-6-8-20/h9-14,16,20H,4-8,15H2,1-3H3,(H,27,28). The van der Waals surface area contributed by atoms with Gasteiger partial charge in [0.25, 0.3) is 5.91 Å². The Balaban J connectivity index is 1.54. The Morgan fingerprint density at radius 1 is 1.10 bits per heavy atom. The third-order valence-electron chi connectivity index (χ3n) is 5.50. The molecular formula is C25H30BrNO4. The highest BCUT2D eigenvalue weighted by molar-refractivity contribution is 9.10. The van der Waals surface area contributed by atoms with E-state index in [1.807, 2.05) is 19.1 Å². The zero-order chi connectivity index (χ0) is 22.4. The van der Waals surface area contributed by atoms with E-state index in [0.29, 0.717) is 17.0 Å². The summed E-state index contributed by atoms with van der Waals surface area (Å²) in [6, 6.07) is 10.8. The van der Waals surface area contributed by atoms with Gasteiger partial charge in [0.15, 0.2) is 6.61 Å². The summed E-state index contributed by atoms with van der Waals surface area (Å²) in [5, 5.41) is 2.81. The number of carbonyl (C=O) groups is 2. The largest absolute Gasteiger partial charge is 0.483 e. The zero-order valence-electron chi connectivity index (χ0n) is 18.4. The van der Waals surface area contributed by atoms with Crippen LogP contribution in [0.1, 0.15) is 73.4 Å². The van der Waals surface area contributed by atoms with E-state index < -0.39 is 0 Å². The van der Waals surface area contributed by atoms with E-state index in [0.717, 1.165) is 41.3 Å². The first kappa shape index (κ1) is 23.3. The predicted octanol–water partition coefficient (Wildman–Crippen LogP) is 6.39. The van der Waals surface area contributed by atoms with Crippen LogP contribution in [0, 0.1) is 6.92 Å². The molecule has 0 aliphatic heterocycles. The molecule has 3 rings (SSSR count). The van der Waals surface area contributed by atoms with Crippen LogP contribution in [0.2, 0.25) is 0 Å². The molecule has 1 amide bonds. The van der Waals surface area contributed by atoms with Gasteiger partial charge < -0.3 is 14.8 Å². The summed E-state index contributed by atoms with van der Waals surface area (Å²) in [4.78, 5) is 24.7. The maximum absolute atomic E-state index is 12.4. The molecule has 2 aromatic rings. The SMILES string of the molecule is Cc1cc(OCC(=O)Nc2ccc(C(=O)OC3CCCCC3)cc2)c(C(C)C)cc1Br. The third-order valence-corrected chi connectivity index (χ3v) is 6.36. The van der Waals surface area contributed by atoms with Crippen molar-refractivity contribution < 1.29 is 19.1 Å². The Kier molecular flexibility index (Phi) is 8.13. The Bertz CT molecular complexity index is 918. The average Bonchev–Trinajstić information content (AvgIpc) is 2.75. The van der Waals surface area contributed by atoms with E-state index in [1.54, 1.807) is 24.3 Å². The van der Waals surface area contributed by atoms with Gasteiger partial charge >= 0.3 is 5.97 Å². The number of carbonyl (C=O) groups excluding carboxylic acids is 2. The van der Waals surface area contributed by atoms with Crippen LogP contribution in [0.25, 0.3) is 0 Å². The highest BCUT2D eigenvalue weighted by Crippen LogP contribution is 2.32. The lowest BCUT2D eigenvalue weighted by Gasteiger charge is -2.21. The molecule has 0 atom stereocenters. The molecule has 6 heteroatoms. The molecule has 0 bridgehead atoms. The highest BCUT2D eigenvalue weighted by Gasteiger charge is 2.19. The first-order chi connectivity index (χ1) is 14.8. The number of benzene rings is 2.